The molecule has 0 saturated heterocycles. The molecule has 0 spiro atoms. The van der Waals surface area contributed by atoms with Crippen LogP contribution in [-0.4, -0.2) is 19.1 Å². The van der Waals surface area contributed by atoms with Crippen LogP contribution in [0.25, 0.3) is 72.3 Å². The molecule has 0 radical (unpaired) electrons. The molecule has 0 amide bonds. The van der Waals surface area contributed by atoms with Crippen LogP contribution in [-0.2, 0) is 16.2 Å². The highest BCUT2D eigenvalue weighted by atomic mass is 16.5. The van der Waals surface area contributed by atoms with Crippen molar-refractivity contribution >= 4 is 32.8 Å². The summed E-state index contributed by atoms with van der Waals surface area (Å²) in [5, 5.41) is 1.74. The van der Waals surface area contributed by atoms with Gasteiger partial charge in [-0.3, -0.25) is 18.7 Å². The number of para-hydroxylation sites is 2. The Bertz CT molecular complexity index is 4530. The molecule has 0 N–H and O–H groups in total. The van der Waals surface area contributed by atoms with Crippen molar-refractivity contribution in [1.82, 2.24) is 19.1 Å². The highest BCUT2D eigenvalue weighted by Gasteiger charge is 2.41. The second kappa shape index (κ2) is 15.2. The highest BCUT2D eigenvalue weighted by Crippen LogP contribution is 2.48. The van der Waals surface area contributed by atoms with Crippen LogP contribution in [0.2, 0.25) is 0 Å². The van der Waals surface area contributed by atoms with E-state index >= 15 is 0 Å². The van der Waals surface area contributed by atoms with Crippen molar-refractivity contribution in [1.29, 1.82) is 0 Å². The third-order valence-corrected chi connectivity index (χ3v) is 11.5. The lowest BCUT2D eigenvalue weighted by Crippen LogP contribution is -2.39. The van der Waals surface area contributed by atoms with Gasteiger partial charge in [-0.25, -0.2) is 4.98 Å². The zero-order chi connectivity index (χ0) is 67.0. The lowest BCUT2D eigenvalue weighted by molar-refractivity contribution is -0.571. The highest BCUT2D eigenvalue weighted by molar-refractivity contribution is 6.09. The Labute approximate surface area is 418 Å². The van der Waals surface area contributed by atoms with Gasteiger partial charge in [-0.2, -0.15) is 0 Å². The van der Waals surface area contributed by atoms with E-state index in [2.05, 4.69) is 32.1 Å². The average Bonchev–Trinajstić information content (AvgIpc) is 0.904. The molecule has 4 heterocycles. The van der Waals surface area contributed by atoms with Gasteiger partial charge in [-0.1, -0.05) is 151 Å². The molecule has 0 unspecified atom stereocenters. The lowest BCUT2D eigenvalue weighted by Gasteiger charge is -2.41. The monoisotopic (exact) mass is 874 g/mol. The van der Waals surface area contributed by atoms with Crippen LogP contribution in [0, 0.1) is 6.33 Å². The molecule has 0 saturated carbocycles. The predicted octanol–water partition coefficient (Wildman–Crippen LogP) is 14.4. The van der Waals surface area contributed by atoms with Crippen molar-refractivity contribution < 1.29 is 44.9 Å². The Balaban J connectivity index is 1.32. The summed E-state index contributed by atoms with van der Waals surface area (Å²) in [5.74, 6) is 0.943. The summed E-state index contributed by atoms with van der Waals surface area (Å²) in [5.41, 5.74) is -14.2. The standard InChI is InChI=1S/C59H53N5O/c1-57(2,3)41-30-33-60-52(34-41)64-49-27-15-14-24-47(49)48-29-28-44(36-50(48)64)65-43-23-16-22-42(35-43)62-38-63(55-51(62)37-61-56-53(55)58(4,5)31-32-59(56,6)7)54-45(39-18-10-8-11-19-39)25-17-26-46(54)40-20-12-9-13-21-40/h8-30,33-37H,31-32H2,1-7H3/i4D3,5D3,6D3,7D3,8D,9D,10D,11D,12D,13D,18D,19D,20D,21D,31D2,32D2. The van der Waals surface area contributed by atoms with Crippen molar-refractivity contribution in [3.8, 4) is 50.9 Å². The molecule has 0 bridgehead atoms. The topological polar surface area (TPSA) is 48.8 Å². The molecular formula is C59H53N5O. The van der Waals surface area contributed by atoms with Gasteiger partial charge in [0.2, 0.25) is 0 Å². The van der Waals surface area contributed by atoms with E-state index in [1.165, 1.54) is 30.3 Å². The van der Waals surface area contributed by atoms with Gasteiger partial charge in [0.25, 0.3) is 6.33 Å². The molecule has 320 valence electrons. The zero-order valence-electron chi connectivity index (χ0n) is 61.0. The second-order valence-electron chi connectivity index (χ2n) is 16.7. The number of pyridine rings is 2. The van der Waals surface area contributed by atoms with Crippen molar-refractivity contribution in [3.63, 3.8) is 0 Å². The second-order valence-corrected chi connectivity index (χ2v) is 16.7. The van der Waals surface area contributed by atoms with Gasteiger partial charge in [0.15, 0.2) is 0 Å². The molecule has 0 atom stereocenters. The molecule has 6 heteroatoms. The average molecular weight is 874 g/mol. The van der Waals surface area contributed by atoms with E-state index in [4.69, 9.17) is 26.2 Å². The number of fused-ring (bicyclic) bond motifs is 6. The molecule has 1 aliphatic rings. The molecule has 0 aliphatic heterocycles. The number of hydrogen-bond acceptors (Lipinski definition) is 3. The number of benzene rings is 6. The van der Waals surface area contributed by atoms with Crippen LogP contribution in [0.15, 0.2) is 170 Å². The molecule has 11 rings (SSSR count). The molecule has 4 aromatic heterocycles. The van der Waals surface area contributed by atoms with E-state index in [0.29, 0.717) is 11.3 Å². The van der Waals surface area contributed by atoms with Gasteiger partial charge < -0.3 is 4.74 Å². The quantitative estimate of drug-likeness (QED) is 0.118. The Morgan fingerprint density at radius 2 is 1.37 bits per heavy atom. The third-order valence-electron chi connectivity index (χ3n) is 11.5. The van der Waals surface area contributed by atoms with Gasteiger partial charge in [-0.15, -0.1) is 0 Å². The summed E-state index contributed by atoms with van der Waals surface area (Å²) >= 11 is 0. The summed E-state index contributed by atoms with van der Waals surface area (Å²) < 4.78 is 248. The van der Waals surface area contributed by atoms with E-state index in [0.717, 1.165) is 49.3 Å². The summed E-state index contributed by atoms with van der Waals surface area (Å²) in [6.45, 7) is -11.1. The van der Waals surface area contributed by atoms with E-state index in [9.17, 15) is 19.2 Å². The van der Waals surface area contributed by atoms with E-state index < -0.39 is 162 Å². The molecule has 0 fully saturated rings. The molecule has 65 heavy (non-hydrogen) atoms. The van der Waals surface area contributed by atoms with E-state index in [1.807, 2.05) is 47.0 Å². The van der Waals surface area contributed by atoms with E-state index in [-0.39, 0.29) is 22.6 Å². The van der Waals surface area contributed by atoms with Crippen molar-refractivity contribution in [2.75, 3.05) is 0 Å². The first-order valence-corrected chi connectivity index (χ1v) is 20.5. The van der Waals surface area contributed by atoms with Crippen LogP contribution in [0.3, 0.4) is 0 Å². The van der Waals surface area contributed by atoms with Gasteiger partial charge in [0.05, 0.1) is 47.1 Å². The lowest BCUT2D eigenvalue weighted by atomic mass is 9.65. The SMILES string of the molecule is [2H]c1c([2H])c([2H])c(-c2cccc(-c3c([2H])c([2H])c([2H])c([2H])c3[2H])c2-[n+]2[c-]n(-c3cccc(Oc4ccc5c6ccccc6n(-c6cc(C(C)(C)C)ccn6)c5c4)c3)c3cnc4c(c32)C(C([2H])([2H])[2H])(C([2H])([2H])[2H])C([2H])([2H])C([2H])([2H])C4(C([2H])([2H])[2H])C([2H])([2H])[2H])c([2H])c1[2H]. The Morgan fingerprint density at radius 3 is 2.09 bits per heavy atom. The number of rotatable bonds is 7. The fourth-order valence-electron chi connectivity index (χ4n) is 8.44. The van der Waals surface area contributed by atoms with Gasteiger partial charge in [-0.05, 0) is 105 Å². The first-order valence-electron chi connectivity index (χ1n) is 33.5. The first kappa shape index (κ1) is 21.1. The number of hydrogen-bond donors (Lipinski definition) is 0. The minimum Gasteiger partial charge on any atom is -0.458 e. The maximum Gasteiger partial charge on any atom is 0.269 e. The molecule has 10 aromatic rings. The summed E-state index contributed by atoms with van der Waals surface area (Å²) in [6, 6.07) is 17.2. The van der Waals surface area contributed by atoms with Crippen LogP contribution < -0.4 is 9.30 Å². The van der Waals surface area contributed by atoms with Crippen LogP contribution in [0.4, 0.5) is 0 Å². The van der Waals surface area contributed by atoms with E-state index in [1.54, 1.807) is 18.3 Å². The minimum absolute atomic E-state index is 0.0621. The number of aromatic nitrogens is 5. The summed E-state index contributed by atoms with van der Waals surface area (Å²) in [6.07, 6.45) is -3.74. The largest absolute Gasteiger partial charge is 0.458 e. The molecule has 6 nitrogen and oxygen atoms in total. The number of nitrogens with zero attached hydrogens (tertiary/aromatic N) is 5. The minimum atomic E-state index is -4.64. The van der Waals surface area contributed by atoms with Crippen molar-refractivity contribution in [3.05, 3.63) is 193 Å². The molecule has 1 aliphatic carbocycles. The number of ether oxygens (including phenoxy) is 1. The predicted molar refractivity (Wildman–Crippen MR) is 265 cm³/mol. The van der Waals surface area contributed by atoms with Crippen LogP contribution in [0.5, 0.6) is 11.5 Å². The zero-order valence-corrected chi connectivity index (χ0v) is 35.0. The smallest absolute Gasteiger partial charge is 0.269 e. The van der Waals surface area contributed by atoms with Crippen molar-refractivity contribution in [2.45, 2.75) is 77.2 Å². The fraction of sp³-hybridized carbons (Fsp3) is 0.203. The third kappa shape index (κ3) is 6.91. The molecular weight excluding hydrogens is 795 g/mol. The normalized spacial score (nSPS) is 22.6. The van der Waals surface area contributed by atoms with Crippen LogP contribution in [0.1, 0.15) is 113 Å². The first-order chi connectivity index (χ1) is 42.0. The van der Waals surface area contributed by atoms with Gasteiger partial charge >= 0.3 is 0 Å². The maximum absolute atomic E-state index is 9.80. The van der Waals surface area contributed by atoms with Crippen LogP contribution >= 0.6 is 0 Å². The molecule has 6 aromatic carbocycles. The van der Waals surface area contributed by atoms with Gasteiger partial charge in [0, 0.05) is 62.3 Å². The maximum atomic E-state index is 9.80. The van der Waals surface area contributed by atoms with Crippen molar-refractivity contribution in [2.24, 2.45) is 0 Å². The fourth-order valence-corrected chi connectivity index (χ4v) is 8.44. The Kier molecular flexibility index (Phi) is 4.93. The van der Waals surface area contributed by atoms with Gasteiger partial charge in [0.1, 0.15) is 17.3 Å². The summed E-state index contributed by atoms with van der Waals surface area (Å²) in [4.78, 5) is 9.07. The number of imidazole rings is 1. The summed E-state index contributed by atoms with van der Waals surface area (Å²) in [7, 11) is 0. The Morgan fingerprint density at radius 1 is 0.692 bits per heavy atom. The Hall–Kier alpha value is -7.31.